The van der Waals surface area contributed by atoms with Gasteiger partial charge in [-0.05, 0) is 36.8 Å². The smallest absolute Gasteiger partial charge is 0.268 e. The van der Waals surface area contributed by atoms with Crippen molar-refractivity contribution in [2.75, 3.05) is 13.2 Å². The lowest BCUT2D eigenvalue weighted by molar-refractivity contribution is 0.245. The normalized spacial score (nSPS) is 11.0. The molecule has 2 aromatic rings. The molecule has 0 radical (unpaired) electrons. The number of hydrogen-bond acceptors (Lipinski definition) is 3. The third-order valence-corrected chi connectivity index (χ3v) is 3.98. The Morgan fingerprint density at radius 2 is 1.09 bits per heavy atom. The second-order valence-corrected chi connectivity index (χ2v) is 5.91. The molecule has 0 spiro atoms. The van der Waals surface area contributed by atoms with Gasteiger partial charge >= 0.3 is 11.4 Å². The van der Waals surface area contributed by atoms with Gasteiger partial charge in [-0.25, -0.2) is 0 Å². The Morgan fingerprint density at radius 1 is 0.682 bits per heavy atom. The summed E-state index contributed by atoms with van der Waals surface area (Å²) in [5.41, 5.74) is 2.53. The molecule has 22 heavy (non-hydrogen) atoms. The summed E-state index contributed by atoms with van der Waals surface area (Å²) < 4.78 is 21.9. The van der Waals surface area contributed by atoms with Gasteiger partial charge < -0.3 is 0 Å². The Labute approximate surface area is 135 Å². The molecular weight excluding hydrogens is 296 g/mol. The molecule has 0 N–H and O–H groups in total. The van der Waals surface area contributed by atoms with Gasteiger partial charge in [-0.15, -0.1) is 0 Å². The second kappa shape index (κ2) is 10.3. The van der Waals surface area contributed by atoms with Crippen LogP contribution in [-0.2, 0) is 32.6 Å². The van der Waals surface area contributed by atoms with Gasteiger partial charge in [0, 0.05) is 0 Å². The summed E-state index contributed by atoms with van der Waals surface area (Å²) in [5.74, 6) is 0. The van der Waals surface area contributed by atoms with Crippen LogP contribution in [0.5, 0.6) is 0 Å². The van der Waals surface area contributed by atoms with E-state index >= 15 is 0 Å². The van der Waals surface area contributed by atoms with Crippen molar-refractivity contribution in [1.29, 1.82) is 0 Å². The highest BCUT2D eigenvalue weighted by Crippen LogP contribution is 2.05. The van der Waals surface area contributed by atoms with E-state index in [1.54, 1.807) is 0 Å². The van der Waals surface area contributed by atoms with Crippen molar-refractivity contribution in [1.82, 2.24) is 0 Å². The molecule has 0 bridgehead atoms. The minimum atomic E-state index is -1.64. The Hall–Kier alpha value is -1.49. The van der Waals surface area contributed by atoms with Crippen molar-refractivity contribution < 1.29 is 12.6 Å². The van der Waals surface area contributed by atoms with Crippen molar-refractivity contribution in [3.63, 3.8) is 0 Å². The highest BCUT2D eigenvalue weighted by molar-refractivity contribution is 7.75. The summed E-state index contributed by atoms with van der Waals surface area (Å²) in [7, 11) is 0. The molecular formula is C18H22O3S. The molecule has 0 unspecified atom stereocenters. The van der Waals surface area contributed by atoms with Gasteiger partial charge in [0.25, 0.3) is 0 Å². The van der Waals surface area contributed by atoms with Gasteiger partial charge in [-0.1, -0.05) is 60.7 Å². The molecule has 118 valence electrons. The van der Waals surface area contributed by atoms with Crippen molar-refractivity contribution in [3.05, 3.63) is 71.8 Å². The molecule has 0 aromatic heterocycles. The summed E-state index contributed by atoms with van der Waals surface area (Å²) in [6.45, 7) is 0.889. The molecule has 4 heteroatoms. The van der Waals surface area contributed by atoms with E-state index in [-0.39, 0.29) is 0 Å². The average molecular weight is 318 g/mol. The highest BCUT2D eigenvalue weighted by Gasteiger charge is 2.01. The maximum Gasteiger partial charge on any atom is 0.304 e. The largest absolute Gasteiger partial charge is 0.304 e. The number of hydrogen-bond donors (Lipinski definition) is 0. The second-order valence-electron chi connectivity index (χ2n) is 5.03. The van der Waals surface area contributed by atoms with Crippen molar-refractivity contribution in [3.8, 4) is 0 Å². The predicted molar refractivity (Wildman–Crippen MR) is 89.6 cm³/mol. The standard InChI is InChI=1S/C18H22O3S/c19-22(20-15-7-13-17-9-3-1-4-10-17)21-16-8-14-18-11-5-2-6-12-18/h1-6,9-12H,7-8,13-16H2. The van der Waals surface area contributed by atoms with Crippen LogP contribution < -0.4 is 0 Å². The molecule has 0 amide bonds. The quantitative estimate of drug-likeness (QED) is 0.624. The molecule has 3 nitrogen and oxygen atoms in total. The van der Waals surface area contributed by atoms with Crippen LogP contribution in [0.3, 0.4) is 0 Å². The summed E-state index contributed by atoms with van der Waals surface area (Å²) in [6.07, 6.45) is 3.52. The molecule has 2 rings (SSSR count). The van der Waals surface area contributed by atoms with Gasteiger partial charge in [0.05, 0.1) is 13.2 Å². The predicted octanol–water partition coefficient (Wildman–Crippen LogP) is 3.86. The van der Waals surface area contributed by atoms with E-state index in [2.05, 4.69) is 24.3 Å². The monoisotopic (exact) mass is 318 g/mol. The minimum absolute atomic E-state index is 0.445. The number of rotatable bonds is 10. The van der Waals surface area contributed by atoms with E-state index in [1.165, 1.54) is 11.1 Å². The van der Waals surface area contributed by atoms with E-state index in [4.69, 9.17) is 8.37 Å². The van der Waals surface area contributed by atoms with Crippen LogP contribution in [0, 0.1) is 0 Å². The van der Waals surface area contributed by atoms with E-state index in [0.29, 0.717) is 13.2 Å². The van der Waals surface area contributed by atoms with Crippen molar-refractivity contribution in [2.45, 2.75) is 25.7 Å². The van der Waals surface area contributed by atoms with E-state index in [1.807, 2.05) is 36.4 Å². The molecule has 0 heterocycles. The molecule has 0 aliphatic heterocycles. The van der Waals surface area contributed by atoms with E-state index in [9.17, 15) is 4.21 Å². The van der Waals surface area contributed by atoms with Crippen LogP contribution in [0.4, 0.5) is 0 Å². The summed E-state index contributed by atoms with van der Waals surface area (Å²) in [6, 6.07) is 20.4. The lowest BCUT2D eigenvalue weighted by atomic mass is 10.1. The molecule has 0 aliphatic carbocycles. The minimum Gasteiger partial charge on any atom is -0.268 e. The van der Waals surface area contributed by atoms with Crippen LogP contribution in [0.2, 0.25) is 0 Å². The fourth-order valence-corrected chi connectivity index (χ4v) is 2.71. The summed E-state index contributed by atoms with van der Waals surface area (Å²) in [5, 5.41) is 0. The van der Waals surface area contributed by atoms with Gasteiger partial charge in [-0.2, -0.15) is 4.21 Å². The lowest BCUT2D eigenvalue weighted by Gasteiger charge is -2.05. The Balaban J connectivity index is 1.49. The van der Waals surface area contributed by atoms with Gasteiger partial charge in [0.1, 0.15) is 0 Å². The van der Waals surface area contributed by atoms with Crippen molar-refractivity contribution in [2.24, 2.45) is 0 Å². The molecule has 2 aromatic carbocycles. The highest BCUT2D eigenvalue weighted by atomic mass is 32.2. The maximum absolute atomic E-state index is 11.5. The fourth-order valence-electron chi connectivity index (χ4n) is 2.13. The first-order valence-electron chi connectivity index (χ1n) is 7.61. The number of benzene rings is 2. The van der Waals surface area contributed by atoms with Gasteiger partial charge in [0.2, 0.25) is 0 Å². The third-order valence-electron chi connectivity index (χ3n) is 3.26. The Morgan fingerprint density at radius 3 is 1.50 bits per heavy atom. The van der Waals surface area contributed by atoms with E-state index in [0.717, 1.165) is 25.7 Å². The van der Waals surface area contributed by atoms with Crippen LogP contribution in [0.25, 0.3) is 0 Å². The Kier molecular flexibility index (Phi) is 7.88. The van der Waals surface area contributed by atoms with Crippen LogP contribution in [0.1, 0.15) is 24.0 Å². The van der Waals surface area contributed by atoms with E-state index < -0.39 is 11.4 Å². The summed E-state index contributed by atoms with van der Waals surface area (Å²) in [4.78, 5) is 0. The fraction of sp³-hybridized carbons (Fsp3) is 0.333. The lowest BCUT2D eigenvalue weighted by Crippen LogP contribution is -2.06. The SMILES string of the molecule is O=S(OCCCc1ccccc1)OCCCc1ccccc1. The zero-order valence-electron chi connectivity index (χ0n) is 12.6. The molecule has 0 aliphatic rings. The molecule has 0 fully saturated rings. The van der Waals surface area contributed by atoms with Gasteiger partial charge in [-0.3, -0.25) is 8.37 Å². The van der Waals surface area contributed by atoms with Gasteiger partial charge in [0.15, 0.2) is 0 Å². The topological polar surface area (TPSA) is 35.5 Å². The Bertz CT molecular complexity index is 493. The first kappa shape index (κ1) is 16.9. The van der Waals surface area contributed by atoms with Crippen molar-refractivity contribution >= 4 is 11.4 Å². The third kappa shape index (κ3) is 6.98. The zero-order valence-corrected chi connectivity index (χ0v) is 13.5. The molecule has 0 saturated heterocycles. The molecule has 0 atom stereocenters. The van der Waals surface area contributed by atoms with Crippen LogP contribution in [0.15, 0.2) is 60.7 Å². The first-order valence-corrected chi connectivity index (χ1v) is 8.61. The first-order chi connectivity index (χ1) is 10.8. The summed E-state index contributed by atoms with van der Waals surface area (Å²) >= 11 is -1.64. The zero-order chi connectivity index (χ0) is 15.5. The molecule has 0 saturated carbocycles. The average Bonchev–Trinajstić information content (AvgIpc) is 2.57. The number of aryl methyl sites for hydroxylation is 2. The van der Waals surface area contributed by atoms with Crippen LogP contribution >= 0.6 is 0 Å². The maximum atomic E-state index is 11.5. The van der Waals surface area contributed by atoms with Crippen LogP contribution in [-0.4, -0.2) is 17.4 Å².